The van der Waals surface area contributed by atoms with Crippen molar-refractivity contribution in [2.75, 3.05) is 6.54 Å². The summed E-state index contributed by atoms with van der Waals surface area (Å²) in [6, 6.07) is 0.0683. The number of likely N-dealkylation sites (tertiary alicyclic amines) is 1. The average Bonchev–Trinajstić information content (AvgIpc) is 2.57. The van der Waals surface area contributed by atoms with Gasteiger partial charge in [0.25, 0.3) is 0 Å². The molecule has 0 unspecified atom stereocenters. The lowest BCUT2D eigenvalue weighted by atomic mass is 9.89. The van der Waals surface area contributed by atoms with Crippen molar-refractivity contribution in [2.45, 2.75) is 45.3 Å². The molecule has 2 heterocycles. The Morgan fingerprint density at radius 1 is 1.53 bits per heavy atom. The third-order valence-electron chi connectivity index (χ3n) is 3.34. The molecule has 6 nitrogen and oxygen atoms in total. The monoisotopic (exact) mass is 284 g/mol. The maximum absolute atomic E-state index is 12.0. The molecule has 19 heavy (non-hydrogen) atoms. The molecule has 1 N–H and O–H groups in total. The molecule has 106 valence electrons. The number of aromatic amines is 1. The zero-order valence-corrected chi connectivity index (χ0v) is 12.7. The van der Waals surface area contributed by atoms with Crippen molar-refractivity contribution in [3.05, 3.63) is 10.6 Å². The van der Waals surface area contributed by atoms with E-state index in [9.17, 15) is 4.79 Å². The normalized spacial score (nSPS) is 23.1. The Labute approximate surface area is 117 Å². The Kier molecular flexibility index (Phi) is 3.42. The Morgan fingerprint density at radius 2 is 2.16 bits per heavy atom. The first-order valence-corrected chi connectivity index (χ1v) is 6.72. The van der Waals surface area contributed by atoms with Crippen LogP contribution in [-0.4, -0.2) is 43.9 Å². The van der Waals surface area contributed by atoms with Gasteiger partial charge in [-0.25, -0.2) is 4.79 Å². The molecule has 0 radical (unpaired) electrons. The minimum atomic E-state index is -0.466. The summed E-state index contributed by atoms with van der Waals surface area (Å²) >= 11 is 5.10. The van der Waals surface area contributed by atoms with E-state index in [1.165, 1.54) is 0 Å². The molecule has 1 amide bonds. The predicted molar refractivity (Wildman–Crippen MR) is 73.5 cm³/mol. The van der Waals surface area contributed by atoms with E-state index in [4.69, 9.17) is 17.0 Å². The molecule has 7 heteroatoms. The van der Waals surface area contributed by atoms with Crippen LogP contribution in [0.15, 0.2) is 0 Å². The SMILES string of the molecule is C[C@H]1[C@H](c2n[nH]c(=S)n2C)CN1C(=O)OC(C)(C)C. The maximum atomic E-state index is 12.0. The summed E-state index contributed by atoms with van der Waals surface area (Å²) in [5.41, 5.74) is -0.466. The number of rotatable bonds is 1. The molecule has 0 bridgehead atoms. The van der Waals surface area contributed by atoms with Gasteiger partial charge in [-0.1, -0.05) is 0 Å². The maximum Gasteiger partial charge on any atom is 0.410 e. The molecule has 1 saturated heterocycles. The van der Waals surface area contributed by atoms with E-state index in [-0.39, 0.29) is 18.1 Å². The topological polar surface area (TPSA) is 63.2 Å². The highest BCUT2D eigenvalue weighted by Crippen LogP contribution is 2.33. The fourth-order valence-electron chi connectivity index (χ4n) is 2.16. The number of nitrogens with zero attached hydrogens (tertiary/aromatic N) is 3. The Balaban J connectivity index is 2.04. The van der Waals surface area contributed by atoms with E-state index < -0.39 is 5.60 Å². The van der Waals surface area contributed by atoms with Crippen LogP contribution in [-0.2, 0) is 11.8 Å². The van der Waals surface area contributed by atoms with Gasteiger partial charge in [0.1, 0.15) is 11.4 Å². The van der Waals surface area contributed by atoms with Crippen molar-refractivity contribution in [3.8, 4) is 0 Å². The van der Waals surface area contributed by atoms with Gasteiger partial charge in [-0.2, -0.15) is 5.10 Å². The molecule has 0 aliphatic carbocycles. The van der Waals surface area contributed by atoms with Crippen LogP contribution in [0.25, 0.3) is 0 Å². The third-order valence-corrected chi connectivity index (χ3v) is 3.71. The molecule has 0 aromatic carbocycles. The minimum absolute atomic E-state index is 0.0683. The lowest BCUT2D eigenvalue weighted by Crippen LogP contribution is -2.57. The first kappa shape index (κ1) is 14.0. The minimum Gasteiger partial charge on any atom is -0.444 e. The summed E-state index contributed by atoms with van der Waals surface area (Å²) in [6.45, 7) is 8.21. The first-order valence-electron chi connectivity index (χ1n) is 6.31. The van der Waals surface area contributed by atoms with Gasteiger partial charge in [0.2, 0.25) is 0 Å². The highest BCUT2D eigenvalue weighted by Gasteiger charge is 2.43. The van der Waals surface area contributed by atoms with E-state index in [2.05, 4.69) is 10.2 Å². The summed E-state index contributed by atoms with van der Waals surface area (Å²) in [5, 5.41) is 6.99. The second kappa shape index (κ2) is 4.63. The molecule has 0 spiro atoms. The standard InChI is InChI=1S/C12H20N4O2S/c1-7-8(9-13-14-10(19)15(9)5)6-16(7)11(17)18-12(2,3)4/h7-8H,6H2,1-5H3,(H,14,19)/t7-,8+/m0/s1. The van der Waals surface area contributed by atoms with Gasteiger partial charge in [0.15, 0.2) is 4.77 Å². The van der Waals surface area contributed by atoms with Gasteiger partial charge in [-0.15, -0.1) is 0 Å². The van der Waals surface area contributed by atoms with Crippen molar-refractivity contribution in [3.63, 3.8) is 0 Å². The van der Waals surface area contributed by atoms with Crippen molar-refractivity contribution in [1.29, 1.82) is 0 Å². The van der Waals surface area contributed by atoms with Crippen LogP contribution in [0.1, 0.15) is 39.4 Å². The van der Waals surface area contributed by atoms with E-state index in [0.717, 1.165) is 5.82 Å². The Morgan fingerprint density at radius 3 is 2.58 bits per heavy atom. The van der Waals surface area contributed by atoms with Crippen molar-refractivity contribution in [2.24, 2.45) is 7.05 Å². The molecule has 1 aliphatic rings. The molecule has 1 aromatic rings. The number of nitrogens with one attached hydrogen (secondary N) is 1. The summed E-state index contributed by atoms with van der Waals surface area (Å²) in [6.07, 6.45) is -0.270. The number of aromatic nitrogens is 3. The van der Waals surface area contributed by atoms with Gasteiger partial charge >= 0.3 is 6.09 Å². The van der Waals surface area contributed by atoms with Crippen LogP contribution in [0.3, 0.4) is 0 Å². The lowest BCUT2D eigenvalue weighted by Gasteiger charge is -2.45. The zero-order valence-electron chi connectivity index (χ0n) is 11.9. The second-order valence-electron chi connectivity index (χ2n) is 5.93. The van der Waals surface area contributed by atoms with Gasteiger partial charge in [0.05, 0.1) is 5.92 Å². The van der Waals surface area contributed by atoms with E-state index in [0.29, 0.717) is 11.3 Å². The van der Waals surface area contributed by atoms with Crippen LogP contribution in [0.4, 0.5) is 4.79 Å². The Hall–Kier alpha value is -1.37. The molecule has 2 atom stereocenters. The van der Waals surface area contributed by atoms with Crippen LogP contribution in [0, 0.1) is 4.77 Å². The summed E-state index contributed by atoms with van der Waals surface area (Å²) in [4.78, 5) is 13.7. The average molecular weight is 284 g/mol. The Bertz CT molecular complexity index is 543. The highest BCUT2D eigenvalue weighted by atomic mass is 32.1. The van der Waals surface area contributed by atoms with Crippen LogP contribution >= 0.6 is 12.2 Å². The quantitative estimate of drug-likeness (QED) is 0.803. The highest BCUT2D eigenvalue weighted by molar-refractivity contribution is 7.71. The number of carbonyl (C=O) groups excluding carboxylic acids is 1. The molecule has 2 rings (SSSR count). The number of hydrogen-bond donors (Lipinski definition) is 1. The first-order chi connectivity index (χ1) is 8.70. The summed E-state index contributed by atoms with van der Waals surface area (Å²) in [7, 11) is 1.88. The van der Waals surface area contributed by atoms with Crippen molar-refractivity contribution < 1.29 is 9.53 Å². The fraction of sp³-hybridized carbons (Fsp3) is 0.750. The number of carbonyl (C=O) groups is 1. The zero-order chi connectivity index (χ0) is 14.4. The van der Waals surface area contributed by atoms with Crippen LogP contribution < -0.4 is 0 Å². The number of amides is 1. The van der Waals surface area contributed by atoms with E-state index >= 15 is 0 Å². The van der Waals surface area contributed by atoms with Gasteiger partial charge in [-0.3, -0.25) is 5.10 Å². The van der Waals surface area contributed by atoms with Crippen molar-refractivity contribution in [1.82, 2.24) is 19.7 Å². The number of ether oxygens (including phenoxy) is 1. The van der Waals surface area contributed by atoms with E-state index in [1.807, 2.05) is 39.3 Å². The smallest absolute Gasteiger partial charge is 0.410 e. The predicted octanol–water partition coefficient (Wildman–Crippen LogP) is 2.20. The summed E-state index contributed by atoms with van der Waals surface area (Å²) in [5.74, 6) is 1.09. The molecular formula is C12H20N4O2S. The number of H-pyrrole nitrogens is 1. The van der Waals surface area contributed by atoms with Gasteiger partial charge in [-0.05, 0) is 39.9 Å². The molecule has 1 fully saturated rings. The van der Waals surface area contributed by atoms with Crippen LogP contribution in [0.5, 0.6) is 0 Å². The van der Waals surface area contributed by atoms with Crippen molar-refractivity contribution >= 4 is 18.3 Å². The molecule has 1 aliphatic heterocycles. The van der Waals surface area contributed by atoms with E-state index in [1.54, 1.807) is 4.90 Å². The largest absolute Gasteiger partial charge is 0.444 e. The van der Waals surface area contributed by atoms with Gasteiger partial charge < -0.3 is 14.2 Å². The number of hydrogen-bond acceptors (Lipinski definition) is 4. The lowest BCUT2D eigenvalue weighted by molar-refractivity contribution is -0.0113. The molecule has 0 saturated carbocycles. The summed E-state index contributed by atoms with van der Waals surface area (Å²) < 4.78 is 7.81. The fourth-order valence-corrected chi connectivity index (χ4v) is 2.30. The third kappa shape index (κ3) is 2.65. The van der Waals surface area contributed by atoms with Crippen LogP contribution in [0.2, 0.25) is 0 Å². The molecular weight excluding hydrogens is 264 g/mol. The second-order valence-corrected chi connectivity index (χ2v) is 6.31. The van der Waals surface area contributed by atoms with Gasteiger partial charge in [0, 0.05) is 19.6 Å². The molecule has 1 aromatic heterocycles.